The lowest BCUT2D eigenvalue weighted by atomic mass is 10.1. The molecule has 0 aliphatic carbocycles. The van der Waals surface area contributed by atoms with E-state index in [9.17, 15) is 18.0 Å². The van der Waals surface area contributed by atoms with Crippen LogP contribution >= 0.6 is 15.9 Å². The van der Waals surface area contributed by atoms with Gasteiger partial charge >= 0.3 is 6.18 Å². The Hall–Kier alpha value is -1.77. The SMILES string of the molecule is CCCNC(=NCc1ccc(Br)cc1C(F)(F)F)NCC(=O)N(C)C. The number of hydrogen-bond donors (Lipinski definition) is 2. The highest BCUT2D eigenvalue weighted by Crippen LogP contribution is 2.34. The maximum Gasteiger partial charge on any atom is 0.416 e. The van der Waals surface area contributed by atoms with Crippen molar-refractivity contribution in [2.24, 2.45) is 4.99 Å². The van der Waals surface area contributed by atoms with Gasteiger partial charge in [0.25, 0.3) is 0 Å². The second kappa shape index (κ2) is 9.65. The number of likely N-dealkylation sites (N-methyl/N-ethyl adjacent to an activating group) is 1. The van der Waals surface area contributed by atoms with Gasteiger partial charge in [-0.2, -0.15) is 13.2 Å². The second-order valence-corrected chi connectivity index (χ2v) is 6.45. The van der Waals surface area contributed by atoms with Gasteiger partial charge in [0.2, 0.25) is 5.91 Å². The fraction of sp³-hybridized carbons (Fsp3) is 0.500. The third-order valence-corrected chi connectivity index (χ3v) is 3.73. The summed E-state index contributed by atoms with van der Waals surface area (Å²) >= 11 is 3.05. The molecule has 0 atom stereocenters. The van der Waals surface area contributed by atoms with Gasteiger partial charge in [0, 0.05) is 25.1 Å². The number of carbonyl (C=O) groups is 1. The third-order valence-electron chi connectivity index (χ3n) is 3.23. The molecule has 1 amide bonds. The summed E-state index contributed by atoms with van der Waals surface area (Å²) in [6.07, 6.45) is -3.64. The lowest BCUT2D eigenvalue weighted by molar-refractivity contribution is -0.138. The molecule has 0 saturated heterocycles. The molecule has 2 N–H and O–H groups in total. The van der Waals surface area contributed by atoms with Crippen LogP contribution in [0.3, 0.4) is 0 Å². The largest absolute Gasteiger partial charge is 0.416 e. The molecule has 0 unspecified atom stereocenters. The number of guanidine groups is 1. The number of carbonyl (C=O) groups excluding carboxylic acids is 1. The summed E-state index contributed by atoms with van der Waals surface area (Å²) in [6, 6.07) is 3.97. The molecule has 5 nitrogen and oxygen atoms in total. The van der Waals surface area contributed by atoms with Crippen LogP contribution in [0.25, 0.3) is 0 Å². The molecule has 0 fully saturated rings. The lowest BCUT2D eigenvalue weighted by Gasteiger charge is -2.16. The summed E-state index contributed by atoms with van der Waals surface area (Å²) in [5, 5.41) is 5.81. The normalized spacial score (nSPS) is 12.0. The molecule has 140 valence electrons. The quantitative estimate of drug-likeness (QED) is 0.547. The number of nitrogens with zero attached hydrogens (tertiary/aromatic N) is 2. The fourth-order valence-corrected chi connectivity index (χ4v) is 2.21. The van der Waals surface area contributed by atoms with E-state index in [1.54, 1.807) is 20.2 Å². The minimum atomic E-state index is -4.46. The first-order valence-electron chi connectivity index (χ1n) is 7.73. The van der Waals surface area contributed by atoms with Crippen molar-refractivity contribution >= 4 is 27.8 Å². The molecule has 1 aromatic rings. The second-order valence-electron chi connectivity index (χ2n) is 5.53. The number of amides is 1. The summed E-state index contributed by atoms with van der Waals surface area (Å²) < 4.78 is 39.8. The first kappa shape index (κ1) is 21.3. The standard InChI is InChI=1S/C16H22BrF3N4O/c1-4-7-21-15(23-10-14(25)24(2)3)22-9-11-5-6-12(17)8-13(11)16(18,19)20/h5-6,8H,4,7,9-10H2,1-3H3,(H2,21,22,23). The van der Waals surface area contributed by atoms with E-state index < -0.39 is 11.7 Å². The highest BCUT2D eigenvalue weighted by atomic mass is 79.9. The summed E-state index contributed by atoms with van der Waals surface area (Å²) in [6.45, 7) is 2.40. The van der Waals surface area contributed by atoms with Gasteiger partial charge < -0.3 is 15.5 Å². The minimum absolute atomic E-state index is 0.00894. The Morgan fingerprint density at radius 3 is 2.52 bits per heavy atom. The summed E-state index contributed by atoms with van der Waals surface area (Å²) in [4.78, 5) is 17.2. The van der Waals surface area contributed by atoms with Crippen molar-refractivity contribution in [3.05, 3.63) is 33.8 Å². The molecule has 25 heavy (non-hydrogen) atoms. The highest BCUT2D eigenvalue weighted by molar-refractivity contribution is 9.10. The van der Waals surface area contributed by atoms with Gasteiger partial charge in [0.1, 0.15) is 0 Å². The smallest absolute Gasteiger partial charge is 0.356 e. The van der Waals surface area contributed by atoms with Gasteiger partial charge in [-0.15, -0.1) is 0 Å². The maximum absolute atomic E-state index is 13.1. The molecular formula is C16H22BrF3N4O. The Balaban J connectivity index is 2.94. The zero-order chi connectivity index (χ0) is 19.0. The first-order chi connectivity index (χ1) is 11.6. The average Bonchev–Trinajstić information content (AvgIpc) is 2.53. The number of rotatable bonds is 6. The van der Waals surface area contributed by atoms with Crippen molar-refractivity contribution in [1.82, 2.24) is 15.5 Å². The Labute approximate surface area is 153 Å². The van der Waals surface area contributed by atoms with Gasteiger partial charge in [0.05, 0.1) is 18.7 Å². The summed E-state index contributed by atoms with van der Waals surface area (Å²) in [7, 11) is 3.25. The predicted molar refractivity (Wildman–Crippen MR) is 95.3 cm³/mol. The predicted octanol–water partition coefficient (Wildman–Crippen LogP) is 3.00. The van der Waals surface area contributed by atoms with Crippen molar-refractivity contribution in [2.45, 2.75) is 26.1 Å². The Kier molecular flexibility index (Phi) is 8.21. The van der Waals surface area contributed by atoms with Crippen molar-refractivity contribution in [3.63, 3.8) is 0 Å². The molecule has 1 aromatic carbocycles. The lowest BCUT2D eigenvalue weighted by Crippen LogP contribution is -2.43. The third kappa shape index (κ3) is 7.33. The van der Waals surface area contributed by atoms with Crippen LogP contribution < -0.4 is 10.6 Å². The van der Waals surface area contributed by atoms with Crippen LogP contribution in [0.1, 0.15) is 24.5 Å². The van der Waals surface area contributed by atoms with Crippen LogP contribution in [0.15, 0.2) is 27.7 Å². The monoisotopic (exact) mass is 422 g/mol. The topological polar surface area (TPSA) is 56.7 Å². The van der Waals surface area contributed by atoms with E-state index in [0.29, 0.717) is 17.0 Å². The molecule has 0 heterocycles. The van der Waals surface area contributed by atoms with Crippen LogP contribution in [0.4, 0.5) is 13.2 Å². The molecule has 9 heteroatoms. The van der Waals surface area contributed by atoms with Gasteiger partial charge in [-0.25, -0.2) is 4.99 Å². The Bertz CT molecular complexity index is 618. The van der Waals surface area contributed by atoms with Gasteiger partial charge in [0.15, 0.2) is 5.96 Å². The number of nitrogens with one attached hydrogen (secondary N) is 2. The number of hydrogen-bond acceptors (Lipinski definition) is 2. The summed E-state index contributed by atoms with van der Waals surface area (Å²) in [5.41, 5.74) is -0.669. The molecule has 0 aliphatic heterocycles. The zero-order valence-corrected chi connectivity index (χ0v) is 16.0. The molecule has 0 saturated carbocycles. The molecule has 0 spiro atoms. The van der Waals surface area contributed by atoms with Crippen LogP contribution in [0.5, 0.6) is 0 Å². The van der Waals surface area contributed by atoms with E-state index in [1.165, 1.54) is 11.0 Å². The average molecular weight is 423 g/mol. The number of alkyl halides is 3. The molecule has 0 aliphatic rings. The van der Waals surface area contributed by atoms with Gasteiger partial charge in [-0.05, 0) is 24.1 Å². The molecule has 0 radical (unpaired) electrons. The van der Waals surface area contributed by atoms with Crippen LogP contribution in [0.2, 0.25) is 0 Å². The van der Waals surface area contributed by atoms with E-state index >= 15 is 0 Å². The van der Waals surface area contributed by atoms with Crippen LogP contribution in [-0.2, 0) is 17.5 Å². The van der Waals surface area contributed by atoms with E-state index in [4.69, 9.17) is 0 Å². The highest BCUT2D eigenvalue weighted by Gasteiger charge is 2.33. The number of aliphatic imine (C=N–C) groups is 1. The zero-order valence-electron chi connectivity index (χ0n) is 14.4. The van der Waals surface area contributed by atoms with E-state index in [1.807, 2.05) is 6.92 Å². The van der Waals surface area contributed by atoms with E-state index in [0.717, 1.165) is 12.5 Å². The van der Waals surface area contributed by atoms with Gasteiger partial charge in [-0.3, -0.25) is 4.79 Å². The van der Waals surface area contributed by atoms with Gasteiger partial charge in [-0.1, -0.05) is 28.9 Å². The molecular weight excluding hydrogens is 401 g/mol. The van der Waals surface area contributed by atoms with Crippen molar-refractivity contribution in [3.8, 4) is 0 Å². The summed E-state index contributed by atoms with van der Waals surface area (Å²) in [5.74, 6) is 0.138. The fourth-order valence-electron chi connectivity index (χ4n) is 1.85. The first-order valence-corrected chi connectivity index (χ1v) is 8.52. The Morgan fingerprint density at radius 1 is 1.28 bits per heavy atom. The molecule has 0 bridgehead atoms. The van der Waals surface area contributed by atoms with E-state index in [-0.39, 0.29) is 24.6 Å². The minimum Gasteiger partial charge on any atom is -0.356 e. The number of halogens is 4. The molecule has 1 rings (SSSR count). The Morgan fingerprint density at radius 2 is 1.96 bits per heavy atom. The van der Waals surface area contributed by atoms with Crippen LogP contribution in [0, 0.1) is 0 Å². The number of benzene rings is 1. The van der Waals surface area contributed by atoms with Crippen molar-refractivity contribution < 1.29 is 18.0 Å². The van der Waals surface area contributed by atoms with E-state index in [2.05, 4.69) is 31.6 Å². The van der Waals surface area contributed by atoms with Crippen molar-refractivity contribution in [2.75, 3.05) is 27.2 Å². The van der Waals surface area contributed by atoms with Crippen LogP contribution in [-0.4, -0.2) is 44.0 Å². The maximum atomic E-state index is 13.1. The molecule has 0 aromatic heterocycles. The van der Waals surface area contributed by atoms with Crippen molar-refractivity contribution in [1.29, 1.82) is 0 Å².